The molecule has 3 aliphatic rings. The Morgan fingerprint density at radius 1 is 1.20 bits per heavy atom. The molecule has 25 heavy (non-hydrogen) atoms. The summed E-state index contributed by atoms with van der Waals surface area (Å²) in [6, 6.07) is 8.34. The molecule has 1 saturated carbocycles. The lowest BCUT2D eigenvalue weighted by molar-refractivity contribution is -0.139. The topological polar surface area (TPSA) is 55.8 Å². The minimum Gasteiger partial charge on any atom is -0.474 e. The Kier molecular flexibility index (Phi) is 3.96. The highest BCUT2D eigenvalue weighted by molar-refractivity contribution is 5.99. The summed E-state index contributed by atoms with van der Waals surface area (Å²) in [5, 5.41) is 0. The fraction of sp³-hybridized carbons (Fsp3) is 0.400. The lowest BCUT2D eigenvalue weighted by atomic mass is 9.95. The zero-order chi connectivity index (χ0) is 17.6. The van der Waals surface area contributed by atoms with Gasteiger partial charge in [-0.3, -0.25) is 14.5 Å². The highest BCUT2D eigenvalue weighted by atomic mass is 16.5. The van der Waals surface area contributed by atoms with Crippen LogP contribution in [0.1, 0.15) is 30.4 Å². The second-order valence-electron chi connectivity index (χ2n) is 6.89. The summed E-state index contributed by atoms with van der Waals surface area (Å²) in [6.45, 7) is 1.91. The van der Waals surface area contributed by atoms with Gasteiger partial charge in [0.2, 0.25) is 0 Å². The standard InChI is InChI=1S/C20H21NO4/c1-12-7-19(21(11-24-2)20(12)23)25-10-17-15-8-13-5-3-4-6-14(13)16(15)9-18(17)22/h3-7,10,15-16,19H,8-9,11H2,1-2H3/b17-10+. The van der Waals surface area contributed by atoms with Gasteiger partial charge in [0, 0.05) is 30.6 Å². The molecule has 4 rings (SSSR count). The number of Topliss-reactive ketones (excluding diaryl/α,β-unsaturated/α-hetero) is 1. The number of amides is 1. The number of benzene rings is 1. The van der Waals surface area contributed by atoms with E-state index in [0.717, 1.165) is 12.0 Å². The highest BCUT2D eigenvalue weighted by Crippen LogP contribution is 2.49. The van der Waals surface area contributed by atoms with E-state index in [9.17, 15) is 9.59 Å². The van der Waals surface area contributed by atoms with Crippen molar-refractivity contribution in [2.75, 3.05) is 13.8 Å². The van der Waals surface area contributed by atoms with Crippen molar-refractivity contribution in [2.24, 2.45) is 5.92 Å². The van der Waals surface area contributed by atoms with Crippen molar-refractivity contribution in [3.8, 4) is 0 Å². The first-order valence-electron chi connectivity index (χ1n) is 8.55. The van der Waals surface area contributed by atoms with Gasteiger partial charge in [-0.05, 0) is 36.5 Å². The maximum absolute atomic E-state index is 12.5. The van der Waals surface area contributed by atoms with Crippen molar-refractivity contribution in [3.05, 3.63) is 58.9 Å². The number of allylic oxidation sites excluding steroid dienone is 1. The average molecular weight is 339 g/mol. The molecular weight excluding hydrogens is 318 g/mol. The van der Waals surface area contributed by atoms with Crippen LogP contribution in [0.15, 0.2) is 47.7 Å². The Bertz CT molecular complexity index is 795. The van der Waals surface area contributed by atoms with Crippen LogP contribution in [0, 0.1) is 5.92 Å². The molecule has 0 radical (unpaired) electrons. The van der Waals surface area contributed by atoms with Crippen LogP contribution in [-0.2, 0) is 25.5 Å². The molecule has 1 heterocycles. The van der Waals surface area contributed by atoms with E-state index in [0.29, 0.717) is 12.0 Å². The number of nitrogens with zero attached hydrogens (tertiary/aromatic N) is 1. The molecule has 1 aromatic rings. The number of carbonyl (C=O) groups excluding carboxylic acids is 2. The maximum atomic E-state index is 12.5. The molecule has 1 aliphatic heterocycles. The molecule has 1 aromatic carbocycles. The summed E-state index contributed by atoms with van der Waals surface area (Å²) in [6.07, 6.45) is 4.24. The Morgan fingerprint density at radius 2 is 2.00 bits per heavy atom. The van der Waals surface area contributed by atoms with Gasteiger partial charge in [-0.25, -0.2) is 0 Å². The Balaban J connectivity index is 1.54. The third-order valence-corrected chi connectivity index (χ3v) is 5.41. The van der Waals surface area contributed by atoms with Gasteiger partial charge < -0.3 is 9.47 Å². The average Bonchev–Trinajstić information content (AvgIpc) is 3.19. The predicted octanol–water partition coefficient (Wildman–Crippen LogP) is 2.53. The van der Waals surface area contributed by atoms with E-state index in [-0.39, 0.29) is 30.3 Å². The van der Waals surface area contributed by atoms with E-state index < -0.39 is 6.23 Å². The number of ether oxygens (including phenoxy) is 2. The summed E-state index contributed by atoms with van der Waals surface area (Å²) in [5.74, 6) is 0.487. The number of fused-ring (bicyclic) bond motifs is 3. The van der Waals surface area contributed by atoms with Crippen LogP contribution >= 0.6 is 0 Å². The SMILES string of the molecule is COCN1C(=O)C(C)=CC1O/C=C1/C(=O)CC2c3ccccc3CC12. The van der Waals surface area contributed by atoms with Gasteiger partial charge in [0.05, 0.1) is 6.26 Å². The largest absolute Gasteiger partial charge is 0.474 e. The van der Waals surface area contributed by atoms with Gasteiger partial charge in [0.15, 0.2) is 12.0 Å². The van der Waals surface area contributed by atoms with Gasteiger partial charge in [-0.2, -0.15) is 0 Å². The number of rotatable bonds is 4. The molecule has 3 atom stereocenters. The van der Waals surface area contributed by atoms with Crippen molar-refractivity contribution in [3.63, 3.8) is 0 Å². The normalized spacial score (nSPS) is 29.2. The second kappa shape index (κ2) is 6.15. The molecular formula is C20H21NO4. The second-order valence-corrected chi connectivity index (χ2v) is 6.89. The number of ketones is 1. The van der Waals surface area contributed by atoms with Crippen LogP contribution in [-0.4, -0.2) is 36.7 Å². The fourth-order valence-corrected chi connectivity index (χ4v) is 4.18. The molecule has 5 heteroatoms. The number of methoxy groups -OCH3 is 1. The van der Waals surface area contributed by atoms with Crippen molar-refractivity contribution in [2.45, 2.75) is 31.9 Å². The van der Waals surface area contributed by atoms with Crippen LogP contribution in [0.4, 0.5) is 0 Å². The highest BCUT2D eigenvalue weighted by Gasteiger charge is 2.44. The van der Waals surface area contributed by atoms with Gasteiger partial charge in [0.1, 0.15) is 6.73 Å². The molecule has 0 bridgehead atoms. The molecule has 2 aliphatic carbocycles. The first-order valence-corrected chi connectivity index (χ1v) is 8.55. The van der Waals surface area contributed by atoms with Crippen molar-refractivity contribution < 1.29 is 19.1 Å². The lowest BCUT2D eigenvalue weighted by Gasteiger charge is -2.23. The summed E-state index contributed by atoms with van der Waals surface area (Å²) in [4.78, 5) is 26.1. The minimum atomic E-state index is -0.518. The smallest absolute Gasteiger partial charge is 0.254 e. The first-order chi connectivity index (χ1) is 12.1. The lowest BCUT2D eigenvalue weighted by Crippen LogP contribution is -2.37. The summed E-state index contributed by atoms with van der Waals surface area (Å²) in [7, 11) is 1.54. The molecule has 0 saturated heterocycles. The third kappa shape index (κ3) is 2.59. The van der Waals surface area contributed by atoms with Crippen LogP contribution in [0.3, 0.4) is 0 Å². The predicted molar refractivity (Wildman–Crippen MR) is 91.4 cm³/mol. The summed E-state index contributed by atoms with van der Waals surface area (Å²) < 4.78 is 10.9. The zero-order valence-corrected chi connectivity index (χ0v) is 14.4. The van der Waals surface area contributed by atoms with Gasteiger partial charge in [-0.15, -0.1) is 0 Å². The number of hydrogen-bond donors (Lipinski definition) is 0. The monoisotopic (exact) mass is 339 g/mol. The first kappa shape index (κ1) is 16.1. The van der Waals surface area contributed by atoms with Gasteiger partial charge >= 0.3 is 0 Å². The maximum Gasteiger partial charge on any atom is 0.254 e. The van der Waals surface area contributed by atoms with Crippen molar-refractivity contribution in [1.29, 1.82) is 0 Å². The van der Waals surface area contributed by atoms with E-state index in [1.54, 1.807) is 19.3 Å². The Hall–Kier alpha value is -2.40. The number of hydrogen-bond acceptors (Lipinski definition) is 4. The molecule has 130 valence electrons. The Labute approximate surface area is 146 Å². The van der Waals surface area contributed by atoms with Crippen LogP contribution in [0.5, 0.6) is 0 Å². The summed E-state index contributed by atoms with van der Waals surface area (Å²) >= 11 is 0. The van der Waals surface area contributed by atoms with Crippen molar-refractivity contribution >= 4 is 11.7 Å². The van der Waals surface area contributed by atoms with E-state index >= 15 is 0 Å². The Morgan fingerprint density at radius 3 is 2.80 bits per heavy atom. The molecule has 3 unspecified atom stereocenters. The number of carbonyl (C=O) groups is 2. The fourth-order valence-electron chi connectivity index (χ4n) is 4.18. The van der Waals surface area contributed by atoms with Gasteiger partial charge in [0.25, 0.3) is 5.91 Å². The van der Waals surface area contributed by atoms with Gasteiger partial charge in [-0.1, -0.05) is 24.3 Å². The van der Waals surface area contributed by atoms with E-state index in [1.165, 1.54) is 23.1 Å². The third-order valence-electron chi connectivity index (χ3n) is 5.41. The quantitative estimate of drug-likeness (QED) is 0.625. The molecule has 1 fully saturated rings. The van der Waals surface area contributed by atoms with E-state index in [2.05, 4.69) is 12.1 Å². The molecule has 1 amide bonds. The van der Waals surface area contributed by atoms with Crippen LogP contribution in [0.25, 0.3) is 0 Å². The molecule has 0 aromatic heterocycles. The molecule has 5 nitrogen and oxygen atoms in total. The van der Waals surface area contributed by atoms with E-state index in [1.807, 2.05) is 12.1 Å². The van der Waals surface area contributed by atoms with Crippen LogP contribution in [0.2, 0.25) is 0 Å². The minimum absolute atomic E-state index is 0.103. The van der Waals surface area contributed by atoms with E-state index in [4.69, 9.17) is 9.47 Å². The molecule has 0 N–H and O–H groups in total. The van der Waals surface area contributed by atoms with Crippen LogP contribution < -0.4 is 0 Å². The van der Waals surface area contributed by atoms with Crippen molar-refractivity contribution in [1.82, 2.24) is 4.90 Å². The zero-order valence-electron chi connectivity index (χ0n) is 14.4. The summed E-state index contributed by atoms with van der Waals surface area (Å²) in [5.41, 5.74) is 3.98. The molecule has 0 spiro atoms.